The topological polar surface area (TPSA) is 59.4 Å². The van der Waals surface area contributed by atoms with Crippen LogP contribution in [0.1, 0.15) is 44.2 Å². The fourth-order valence-corrected chi connectivity index (χ4v) is 2.34. The molecule has 1 aliphatic rings. The van der Waals surface area contributed by atoms with Gasteiger partial charge in [-0.2, -0.15) is 0 Å². The zero-order chi connectivity index (χ0) is 12.8. The molecule has 0 bridgehead atoms. The van der Waals surface area contributed by atoms with E-state index in [2.05, 4.69) is 4.98 Å². The molecule has 1 fully saturated rings. The monoisotopic (exact) mass is 285 g/mol. The molecule has 0 amide bonds. The molecule has 4 nitrogen and oxygen atoms in total. The Balaban J connectivity index is 0.00000180. The van der Waals surface area contributed by atoms with Crippen molar-refractivity contribution in [3.63, 3.8) is 0 Å². The van der Waals surface area contributed by atoms with Crippen LogP contribution in [0.5, 0.6) is 0 Å². The maximum atomic E-state index is 11.7. The highest BCUT2D eigenvalue weighted by Crippen LogP contribution is 2.31. The molecule has 0 atom stereocenters. The summed E-state index contributed by atoms with van der Waals surface area (Å²) in [5.74, 6) is -0.343. The van der Waals surface area contributed by atoms with Crippen LogP contribution in [0.3, 0.4) is 0 Å². The number of hydrogen-bond acceptors (Lipinski definition) is 4. The minimum absolute atomic E-state index is 0. The molecule has 1 N–H and O–H groups in total. The van der Waals surface area contributed by atoms with Gasteiger partial charge in [0.25, 0.3) is 0 Å². The second-order valence-electron chi connectivity index (χ2n) is 4.94. The Hall–Kier alpha value is -1.13. The first-order valence-electron chi connectivity index (χ1n) is 6.46. The van der Waals surface area contributed by atoms with Crippen molar-refractivity contribution in [2.45, 2.75) is 50.7 Å². The summed E-state index contributed by atoms with van der Waals surface area (Å²) in [5, 5.41) is 10.2. The lowest BCUT2D eigenvalue weighted by Gasteiger charge is -2.30. The van der Waals surface area contributed by atoms with Crippen molar-refractivity contribution in [1.29, 1.82) is 0 Å². The predicted octanol–water partition coefficient (Wildman–Crippen LogP) is 2.63. The fraction of sp³-hybridized carbons (Fsp3) is 0.571. The van der Waals surface area contributed by atoms with Crippen LogP contribution in [0.2, 0.25) is 0 Å². The Kier molecular flexibility index (Phi) is 6.25. The summed E-state index contributed by atoms with van der Waals surface area (Å²) in [6.45, 7) is 0.176. The molecule has 0 spiro atoms. The maximum Gasteiger partial charge on any atom is 0.309 e. The van der Waals surface area contributed by atoms with Crippen molar-refractivity contribution in [1.82, 2.24) is 4.98 Å². The van der Waals surface area contributed by atoms with Gasteiger partial charge in [0.05, 0.1) is 17.7 Å². The number of nitrogens with zero attached hydrogens (tertiary/aromatic N) is 1. The second kappa shape index (κ2) is 7.46. The third-order valence-corrected chi connectivity index (χ3v) is 3.36. The second-order valence-corrected chi connectivity index (χ2v) is 4.94. The van der Waals surface area contributed by atoms with Gasteiger partial charge in [-0.05, 0) is 25.0 Å². The molecule has 106 valence electrons. The zero-order valence-electron chi connectivity index (χ0n) is 10.9. The fourth-order valence-electron chi connectivity index (χ4n) is 2.34. The quantitative estimate of drug-likeness (QED) is 0.864. The van der Waals surface area contributed by atoms with Gasteiger partial charge < -0.3 is 9.84 Å². The number of aromatic nitrogens is 1. The van der Waals surface area contributed by atoms with Crippen LogP contribution in [0.25, 0.3) is 0 Å². The lowest BCUT2D eigenvalue weighted by molar-refractivity contribution is -0.152. The molecule has 0 unspecified atom stereocenters. The van der Waals surface area contributed by atoms with Crippen LogP contribution in [-0.4, -0.2) is 21.7 Å². The summed E-state index contributed by atoms with van der Waals surface area (Å²) >= 11 is 0. The average Bonchev–Trinajstić information content (AvgIpc) is 2.38. The van der Waals surface area contributed by atoms with E-state index in [4.69, 9.17) is 4.74 Å². The Morgan fingerprint density at radius 2 is 2.05 bits per heavy atom. The van der Waals surface area contributed by atoms with Gasteiger partial charge in [0.1, 0.15) is 6.61 Å². The van der Waals surface area contributed by atoms with Gasteiger partial charge in [-0.25, -0.2) is 0 Å². The molecule has 1 heterocycles. The van der Waals surface area contributed by atoms with Crippen molar-refractivity contribution in [3.8, 4) is 0 Å². The molecule has 1 aromatic heterocycles. The number of halogens is 1. The van der Waals surface area contributed by atoms with Crippen LogP contribution in [0.15, 0.2) is 24.4 Å². The highest BCUT2D eigenvalue weighted by atomic mass is 35.5. The average molecular weight is 286 g/mol. The van der Waals surface area contributed by atoms with E-state index < -0.39 is 5.60 Å². The summed E-state index contributed by atoms with van der Waals surface area (Å²) in [4.78, 5) is 15.8. The van der Waals surface area contributed by atoms with Gasteiger partial charge in [0, 0.05) is 6.20 Å². The largest absolute Gasteiger partial charge is 0.459 e. The van der Waals surface area contributed by atoms with E-state index in [1.54, 1.807) is 6.20 Å². The molecular weight excluding hydrogens is 266 g/mol. The van der Waals surface area contributed by atoms with Crippen LogP contribution in [0, 0.1) is 0 Å². The maximum absolute atomic E-state index is 11.7. The predicted molar refractivity (Wildman–Crippen MR) is 73.9 cm³/mol. The van der Waals surface area contributed by atoms with Crippen molar-refractivity contribution < 1.29 is 14.6 Å². The third kappa shape index (κ3) is 5.17. The van der Waals surface area contributed by atoms with Crippen LogP contribution in [0.4, 0.5) is 0 Å². The van der Waals surface area contributed by atoms with Gasteiger partial charge in [0.2, 0.25) is 0 Å². The normalized spacial score (nSPS) is 17.3. The number of rotatable bonds is 4. The minimum atomic E-state index is -0.848. The molecule has 0 aliphatic heterocycles. The number of esters is 1. The summed E-state index contributed by atoms with van der Waals surface area (Å²) < 4.78 is 5.13. The van der Waals surface area contributed by atoms with Crippen molar-refractivity contribution in [2.75, 3.05) is 0 Å². The third-order valence-electron chi connectivity index (χ3n) is 3.36. The molecule has 0 saturated heterocycles. The summed E-state index contributed by atoms with van der Waals surface area (Å²) in [6, 6.07) is 5.48. The number of carbonyl (C=O) groups is 1. The number of pyridine rings is 1. The molecule has 5 heteroatoms. The molecule has 2 rings (SSSR count). The van der Waals surface area contributed by atoms with Crippen LogP contribution >= 0.6 is 12.4 Å². The van der Waals surface area contributed by atoms with E-state index in [9.17, 15) is 9.90 Å². The minimum Gasteiger partial charge on any atom is -0.459 e. The van der Waals surface area contributed by atoms with E-state index >= 15 is 0 Å². The highest BCUT2D eigenvalue weighted by Gasteiger charge is 2.32. The summed E-state index contributed by atoms with van der Waals surface area (Å²) in [5.41, 5.74) is -0.124. The van der Waals surface area contributed by atoms with Gasteiger partial charge in [0.15, 0.2) is 0 Å². The Morgan fingerprint density at radius 3 is 2.68 bits per heavy atom. The zero-order valence-corrected chi connectivity index (χ0v) is 11.7. The lowest BCUT2D eigenvalue weighted by Crippen LogP contribution is -2.34. The highest BCUT2D eigenvalue weighted by molar-refractivity contribution is 5.85. The first-order valence-corrected chi connectivity index (χ1v) is 6.46. The number of carbonyl (C=O) groups excluding carboxylic acids is 1. The molecule has 1 aromatic rings. The van der Waals surface area contributed by atoms with Gasteiger partial charge in [-0.1, -0.05) is 25.3 Å². The molecule has 1 aliphatic carbocycles. The molecular formula is C14H20ClNO3. The van der Waals surface area contributed by atoms with E-state index in [0.29, 0.717) is 12.8 Å². The number of aliphatic hydroxyl groups is 1. The Labute approximate surface area is 119 Å². The molecule has 0 aromatic carbocycles. The van der Waals surface area contributed by atoms with Gasteiger partial charge in [-0.3, -0.25) is 9.78 Å². The lowest BCUT2D eigenvalue weighted by atomic mass is 9.82. The van der Waals surface area contributed by atoms with E-state index in [1.807, 2.05) is 18.2 Å². The van der Waals surface area contributed by atoms with Crippen molar-refractivity contribution in [2.24, 2.45) is 0 Å². The first-order chi connectivity index (χ1) is 8.68. The Bertz CT molecular complexity index is 391. The number of hydrogen-bond donors (Lipinski definition) is 1. The van der Waals surface area contributed by atoms with Crippen LogP contribution < -0.4 is 0 Å². The van der Waals surface area contributed by atoms with E-state index in [0.717, 1.165) is 25.0 Å². The summed E-state index contributed by atoms with van der Waals surface area (Å²) in [6.07, 6.45) is 6.29. The summed E-state index contributed by atoms with van der Waals surface area (Å²) in [7, 11) is 0. The SMILES string of the molecule is Cl.O=C(CC1(O)CCCCC1)OCc1ccccn1. The van der Waals surface area contributed by atoms with Gasteiger partial charge >= 0.3 is 5.97 Å². The van der Waals surface area contributed by atoms with Crippen molar-refractivity contribution in [3.05, 3.63) is 30.1 Å². The van der Waals surface area contributed by atoms with E-state index in [-0.39, 0.29) is 31.4 Å². The standard InChI is InChI=1S/C14H19NO3.ClH/c16-13(10-14(17)7-3-1-4-8-14)18-11-12-6-2-5-9-15-12;/h2,5-6,9,17H,1,3-4,7-8,10-11H2;1H. The molecule has 0 radical (unpaired) electrons. The smallest absolute Gasteiger partial charge is 0.309 e. The first kappa shape index (κ1) is 15.9. The van der Waals surface area contributed by atoms with Gasteiger partial charge in [-0.15, -0.1) is 12.4 Å². The van der Waals surface area contributed by atoms with Crippen LogP contribution in [-0.2, 0) is 16.1 Å². The molecule has 19 heavy (non-hydrogen) atoms. The molecule has 1 saturated carbocycles. The number of ether oxygens (including phenoxy) is 1. The van der Waals surface area contributed by atoms with Crippen molar-refractivity contribution >= 4 is 18.4 Å². The Morgan fingerprint density at radius 1 is 1.32 bits per heavy atom. The van der Waals surface area contributed by atoms with E-state index in [1.165, 1.54) is 0 Å².